The maximum absolute atomic E-state index is 3.67. The molecule has 1 aromatic carbocycles. The van der Waals surface area contributed by atoms with E-state index < -0.39 is 0 Å². The lowest BCUT2D eigenvalue weighted by atomic mass is 10.00. The normalized spacial score (nSPS) is 17.6. The van der Waals surface area contributed by atoms with Gasteiger partial charge in [-0.1, -0.05) is 56.9 Å². The third kappa shape index (κ3) is 4.13. The maximum Gasteiger partial charge on any atom is 0.0208 e. The molecule has 0 saturated heterocycles. The van der Waals surface area contributed by atoms with Gasteiger partial charge in [-0.2, -0.15) is 0 Å². The summed E-state index contributed by atoms with van der Waals surface area (Å²) in [6.07, 6.45) is 9.80. The minimum Gasteiger partial charge on any atom is -0.312 e. The van der Waals surface area contributed by atoms with E-state index in [9.17, 15) is 0 Å². The van der Waals surface area contributed by atoms with Gasteiger partial charge in [-0.3, -0.25) is 0 Å². The Hall–Kier alpha value is -0.820. The van der Waals surface area contributed by atoms with Crippen LogP contribution >= 0.6 is 0 Å². The fourth-order valence-corrected chi connectivity index (χ4v) is 3.05. The summed E-state index contributed by atoms with van der Waals surface area (Å²) in [6, 6.07) is 8.82. The lowest BCUT2D eigenvalue weighted by Crippen LogP contribution is -2.22. The van der Waals surface area contributed by atoms with Crippen LogP contribution in [0, 0.1) is 5.92 Å². The van der Waals surface area contributed by atoms with E-state index in [1.807, 2.05) is 0 Å². The minimum absolute atomic E-state index is 0.918. The molecule has 1 fully saturated rings. The molecule has 100 valence electrons. The molecule has 0 aromatic heterocycles. The van der Waals surface area contributed by atoms with Crippen molar-refractivity contribution in [2.45, 2.75) is 58.4 Å². The fourth-order valence-electron chi connectivity index (χ4n) is 3.05. The van der Waals surface area contributed by atoms with Crippen LogP contribution in [0.15, 0.2) is 24.3 Å². The molecule has 0 radical (unpaired) electrons. The van der Waals surface area contributed by atoms with Gasteiger partial charge in [0, 0.05) is 6.54 Å². The number of rotatable bonds is 5. The fraction of sp³-hybridized carbons (Fsp3) is 0.647. The first-order valence-corrected chi connectivity index (χ1v) is 7.67. The van der Waals surface area contributed by atoms with Crippen LogP contribution in [0.4, 0.5) is 0 Å². The average molecular weight is 245 g/mol. The molecule has 1 N–H and O–H groups in total. The predicted molar refractivity (Wildman–Crippen MR) is 78.7 cm³/mol. The third-order valence-electron chi connectivity index (χ3n) is 4.22. The monoisotopic (exact) mass is 245 g/mol. The first-order valence-electron chi connectivity index (χ1n) is 7.67. The van der Waals surface area contributed by atoms with Crippen LogP contribution in [-0.4, -0.2) is 6.54 Å². The molecule has 1 nitrogen and oxygen atoms in total. The summed E-state index contributed by atoms with van der Waals surface area (Å²) in [5, 5.41) is 3.67. The van der Waals surface area contributed by atoms with E-state index in [1.54, 1.807) is 0 Å². The van der Waals surface area contributed by atoms with Gasteiger partial charge >= 0.3 is 0 Å². The molecule has 2 rings (SSSR count). The summed E-state index contributed by atoms with van der Waals surface area (Å²) in [5.74, 6) is 0.918. The highest BCUT2D eigenvalue weighted by Crippen LogP contribution is 2.22. The Bertz CT molecular complexity index is 337. The van der Waals surface area contributed by atoms with Gasteiger partial charge < -0.3 is 5.32 Å². The van der Waals surface area contributed by atoms with E-state index in [0.717, 1.165) is 18.9 Å². The zero-order valence-corrected chi connectivity index (χ0v) is 11.8. The molecule has 0 heterocycles. The molecule has 1 aliphatic rings. The van der Waals surface area contributed by atoms with Crippen molar-refractivity contribution in [3.05, 3.63) is 35.4 Å². The van der Waals surface area contributed by atoms with Crippen LogP contribution in [0.3, 0.4) is 0 Å². The van der Waals surface area contributed by atoms with Crippen molar-refractivity contribution < 1.29 is 0 Å². The van der Waals surface area contributed by atoms with Gasteiger partial charge in [0.15, 0.2) is 0 Å². The zero-order chi connectivity index (χ0) is 12.6. The van der Waals surface area contributed by atoms with E-state index in [1.165, 1.54) is 56.2 Å². The molecular weight excluding hydrogens is 218 g/mol. The van der Waals surface area contributed by atoms with E-state index in [-0.39, 0.29) is 0 Å². The first kappa shape index (κ1) is 13.6. The third-order valence-corrected chi connectivity index (χ3v) is 4.22. The van der Waals surface area contributed by atoms with Gasteiger partial charge in [0.2, 0.25) is 0 Å². The SMILES string of the molecule is CCc1ccccc1CNCC1CCCCCC1. The Labute approximate surface area is 112 Å². The number of aryl methyl sites for hydroxylation is 1. The molecule has 0 atom stereocenters. The molecule has 0 bridgehead atoms. The molecule has 1 saturated carbocycles. The summed E-state index contributed by atoms with van der Waals surface area (Å²) in [6.45, 7) is 4.49. The Morgan fingerprint density at radius 3 is 2.33 bits per heavy atom. The van der Waals surface area contributed by atoms with Crippen molar-refractivity contribution in [2.24, 2.45) is 5.92 Å². The summed E-state index contributed by atoms with van der Waals surface area (Å²) in [5.41, 5.74) is 2.97. The topological polar surface area (TPSA) is 12.0 Å². The van der Waals surface area contributed by atoms with Gasteiger partial charge in [-0.15, -0.1) is 0 Å². The second-order valence-electron chi connectivity index (χ2n) is 5.61. The Morgan fingerprint density at radius 1 is 1.00 bits per heavy atom. The zero-order valence-electron chi connectivity index (χ0n) is 11.8. The second kappa shape index (κ2) is 7.58. The van der Waals surface area contributed by atoms with Crippen molar-refractivity contribution in [1.29, 1.82) is 0 Å². The maximum atomic E-state index is 3.67. The first-order chi connectivity index (χ1) is 8.90. The highest BCUT2D eigenvalue weighted by molar-refractivity contribution is 5.26. The molecule has 18 heavy (non-hydrogen) atoms. The van der Waals surface area contributed by atoms with Crippen LogP contribution in [0.25, 0.3) is 0 Å². The van der Waals surface area contributed by atoms with E-state index in [0.29, 0.717) is 0 Å². The molecule has 1 heteroatoms. The predicted octanol–water partition coefficient (Wildman–Crippen LogP) is 4.31. The molecule has 1 aliphatic carbocycles. The summed E-state index contributed by atoms with van der Waals surface area (Å²) in [7, 11) is 0. The standard InChI is InChI=1S/C17H27N/c1-2-16-11-7-8-12-17(16)14-18-13-15-9-5-3-4-6-10-15/h7-8,11-12,15,18H,2-6,9-10,13-14H2,1H3. The van der Waals surface area contributed by atoms with Gasteiger partial charge in [0.1, 0.15) is 0 Å². The van der Waals surface area contributed by atoms with Crippen molar-refractivity contribution in [2.75, 3.05) is 6.54 Å². The highest BCUT2D eigenvalue weighted by Gasteiger charge is 2.11. The van der Waals surface area contributed by atoms with Crippen LogP contribution < -0.4 is 5.32 Å². The van der Waals surface area contributed by atoms with Crippen molar-refractivity contribution in [3.8, 4) is 0 Å². The molecule has 1 aromatic rings. The van der Waals surface area contributed by atoms with E-state index in [4.69, 9.17) is 0 Å². The van der Waals surface area contributed by atoms with Crippen molar-refractivity contribution >= 4 is 0 Å². The van der Waals surface area contributed by atoms with Gasteiger partial charge in [-0.05, 0) is 42.9 Å². The van der Waals surface area contributed by atoms with Crippen LogP contribution in [0.5, 0.6) is 0 Å². The van der Waals surface area contributed by atoms with Crippen LogP contribution in [0.2, 0.25) is 0 Å². The van der Waals surface area contributed by atoms with E-state index >= 15 is 0 Å². The quantitative estimate of drug-likeness (QED) is 0.762. The van der Waals surface area contributed by atoms with Crippen LogP contribution in [0.1, 0.15) is 56.6 Å². The Kier molecular flexibility index (Phi) is 5.73. The smallest absolute Gasteiger partial charge is 0.0208 e. The van der Waals surface area contributed by atoms with Gasteiger partial charge in [0.25, 0.3) is 0 Å². The van der Waals surface area contributed by atoms with Crippen LogP contribution in [-0.2, 0) is 13.0 Å². The number of nitrogens with one attached hydrogen (secondary N) is 1. The Balaban J connectivity index is 1.77. The lowest BCUT2D eigenvalue weighted by molar-refractivity contribution is 0.425. The molecule has 0 spiro atoms. The van der Waals surface area contributed by atoms with Gasteiger partial charge in [0.05, 0.1) is 0 Å². The molecular formula is C17H27N. The average Bonchev–Trinajstić information content (AvgIpc) is 2.68. The molecule has 0 unspecified atom stereocenters. The summed E-state index contributed by atoms with van der Waals surface area (Å²) >= 11 is 0. The van der Waals surface area contributed by atoms with Gasteiger partial charge in [-0.25, -0.2) is 0 Å². The minimum atomic E-state index is 0.918. The largest absolute Gasteiger partial charge is 0.312 e. The second-order valence-corrected chi connectivity index (χ2v) is 5.61. The lowest BCUT2D eigenvalue weighted by Gasteiger charge is -2.15. The Morgan fingerprint density at radius 2 is 1.67 bits per heavy atom. The molecule has 0 aliphatic heterocycles. The summed E-state index contributed by atoms with van der Waals surface area (Å²) in [4.78, 5) is 0. The number of hydrogen-bond acceptors (Lipinski definition) is 1. The highest BCUT2D eigenvalue weighted by atomic mass is 14.9. The summed E-state index contributed by atoms with van der Waals surface area (Å²) < 4.78 is 0. The molecule has 0 amide bonds. The van der Waals surface area contributed by atoms with Crippen molar-refractivity contribution in [1.82, 2.24) is 5.32 Å². The number of hydrogen-bond donors (Lipinski definition) is 1. The van der Waals surface area contributed by atoms with Crippen molar-refractivity contribution in [3.63, 3.8) is 0 Å². The number of benzene rings is 1. The van der Waals surface area contributed by atoms with E-state index in [2.05, 4.69) is 36.5 Å².